The Morgan fingerprint density at radius 3 is 1.65 bits per heavy atom. The van der Waals surface area contributed by atoms with E-state index in [1.165, 1.54) is 0 Å². The molecule has 13 heteroatoms. The molecule has 0 radical (unpaired) electrons. The number of halogens is 11. The molecular weight excluding hydrogens is 420 g/mol. The molecule has 1 rings (SSSR count). The van der Waals surface area contributed by atoms with Crippen molar-refractivity contribution in [3.8, 4) is 5.75 Å². The quantitative estimate of drug-likeness (QED) is 0.505. The molecule has 0 aliphatic heterocycles. The van der Waals surface area contributed by atoms with Crippen molar-refractivity contribution in [1.29, 1.82) is 0 Å². The molecule has 0 unspecified atom stereocenters. The lowest BCUT2D eigenvalue weighted by atomic mass is 9.93. The zero-order valence-corrected chi connectivity index (χ0v) is 11.9. The van der Waals surface area contributed by atoms with Gasteiger partial charge in [0, 0.05) is 21.7 Å². The molecule has 0 aromatic heterocycles. The normalized spacial score (nSPS) is 13.9. The lowest BCUT2D eigenvalue weighted by Crippen LogP contribution is -2.50. The molecule has 1 aromatic rings. The predicted molar refractivity (Wildman–Crippen MR) is 60.6 cm³/mol. The van der Waals surface area contributed by atoms with Crippen molar-refractivity contribution in [3.63, 3.8) is 0 Å². The van der Waals surface area contributed by atoms with Gasteiger partial charge in [0.05, 0.1) is 5.69 Å². The number of nitrogens with one attached hydrogen (secondary N) is 1. The Bertz CT molecular complexity index is 550. The lowest BCUT2D eigenvalue weighted by Gasteiger charge is -2.30. The van der Waals surface area contributed by atoms with Gasteiger partial charge in [-0.2, -0.15) is 26.3 Å². The maximum Gasteiger partial charge on any atom is 0.573 e. The van der Waals surface area contributed by atoms with Gasteiger partial charge in [-0.3, -0.25) is 0 Å². The third kappa shape index (κ3) is 3.93. The summed E-state index contributed by atoms with van der Waals surface area (Å²) in [5.41, 5.74) is -8.64. The topological polar surface area (TPSA) is 21.3 Å². The number of hydrogen-bond acceptors (Lipinski definition) is 2. The maximum absolute atomic E-state index is 13.8. The van der Waals surface area contributed by atoms with Gasteiger partial charge in [-0.1, -0.05) is 6.07 Å². The average Bonchev–Trinajstić information content (AvgIpc) is 2.33. The van der Waals surface area contributed by atoms with E-state index in [0.29, 0.717) is 6.07 Å². The third-order valence-electron chi connectivity index (χ3n) is 2.49. The number of ether oxygens (including phenoxy) is 1. The van der Waals surface area contributed by atoms with E-state index >= 15 is 0 Å². The SMILES string of the molecule is FC(F)(F)Oc1cc(C(F)(C(F)(F)F)C(F)(F)F)ccc1NBr. The minimum Gasteiger partial charge on any atom is -0.404 e. The zero-order chi connectivity index (χ0) is 18.3. The summed E-state index contributed by atoms with van der Waals surface area (Å²) in [5.74, 6) is -1.48. The fraction of sp³-hybridized carbons (Fsp3) is 0.400. The summed E-state index contributed by atoms with van der Waals surface area (Å²) in [6.45, 7) is 0. The van der Waals surface area contributed by atoms with Crippen molar-refractivity contribution in [3.05, 3.63) is 23.8 Å². The molecule has 0 bridgehead atoms. The summed E-state index contributed by atoms with van der Waals surface area (Å²) in [4.78, 5) is 0. The minimum atomic E-state index is -6.45. The Hall–Kier alpha value is -1.40. The Kier molecular flexibility index (Phi) is 5.05. The van der Waals surface area contributed by atoms with E-state index in [1.54, 1.807) is 0 Å². The molecule has 1 N–H and O–H groups in total. The van der Waals surface area contributed by atoms with Gasteiger partial charge in [0.2, 0.25) is 0 Å². The van der Waals surface area contributed by atoms with Crippen LogP contribution in [0.1, 0.15) is 5.56 Å². The van der Waals surface area contributed by atoms with E-state index in [4.69, 9.17) is 0 Å². The van der Waals surface area contributed by atoms with E-state index in [2.05, 4.69) is 20.9 Å². The zero-order valence-electron chi connectivity index (χ0n) is 10.3. The van der Waals surface area contributed by atoms with Gasteiger partial charge in [0.15, 0.2) is 5.75 Å². The average molecular weight is 424 g/mol. The number of benzene rings is 1. The highest BCUT2D eigenvalue weighted by molar-refractivity contribution is 9.10. The number of rotatable bonds is 3. The van der Waals surface area contributed by atoms with Crippen LogP contribution in [-0.4, -0.2) is 18.7 Å². The van der Waals surface area contributed by atoms with Crippen LogP contribution in [0.2, 0.25) is 0 Å². The van der Waals surface area contributed by atoms with Crippen LogP contribution in [0.5, 0.6) is 5.75 Å². The molecule has 1 aromatic carbocycles. The van der Waals surface area contributed by atoms with Crippen molar-refractivity contribution < 1.29 is 48.6 Å². The van der Waals surface area contributed by atoms with Gasteiger partial charge < -0.3 is 9.08 Å². The Morgan fingerprint density at radius 1 is 0.826 bits per heavy atom. The molecule has 0 amide bonds. The lowest BCUT2D eigenvalue weighted by molar-refractivity contribution is -0.348. The van der Waals surface area contributed by atoms with E-state index in [1.807, 2.05) is 4.34 Å². The number of alkyl halides is 10. The first-order chi connectivity index (χ1) is 10.1. The molecule has 0 spiro atoms. The Morgan fingerprint density at radius 2 is 1.30 bits per heavy atom. The summed E-state index contributed by atoms with van der Waals surface area (Å²) in [6, 6.07) is 0.0584. The first kappa shape index (κ1) is 19.6. The summed E-state index contributed by atoms with van der Waals surface area (Å²) in [7, 11) is 0. The molecular formula is C10H4BrF10NO. The molecule has 2 nitrogen and oxygen atoms in total. The van der Waals surface area contributed by atoms with Crippen LogP contribution < -0.4 is 9.08 Å². The van der Waals surface area contributed by atoms with Crippen LogP contribution in [0, 0.1) is 0 Å². The summed E-state index contributed by atoms with van der Waals surface area (Å²) in [6.07, 6.45) is -18.3. The minimum absolute atomic E-state index is 0.0355. The van der Waals surface area contributed by atoms with Crippen LogP contribution in [0.25, 0.3) is 0 Å². The Balaban J connectivity index is 3.55. The molecule has 0 saturated carbocycles. The number of anilines is 1. The molecule has 0 aliphatic carbocycles. The van der Waals surface area contributed by atoms with E-state index in [9.17, 15) is 43.9 Å². The van der Waals surface area contributed by atoms with Gasteiger partial charge in [-0.15, -0.1) is 13.2 Å². The van der Waals surface area contributed by atoms with Crippen molar-refractivity contribution in [2.75, 3.05) is 4.34 Å². The molecule has 0 aliphatic rings. The van der Waals surface area contributed by atoms with Crippen molar-refractivity contribution in [2.45, 2.75) is 24.4 Å². The standard InChI is InChI=1S/C10H4BrF10NO/c11-22-5-2-1-4(3-6(5)23-10(19,20)21)7(12,8(13,14)15)9(16,17)18/h1-3,22H. The molecule has 0 saturated heterocycles. The van der Waals surface area contributed by atoms with E-state index < -0.39 is 41.4 Å². The second kappa shape index (κ2) is 5.91. The monoisotopic (exact) mass is 423 g/mol. The molecule has 0 fully saturated rings. The fourth-order valence-electron chi connectivity index (χ4n) is 1.51. The predicted octanol–water partition coefficient (Wildman–Crippen LogP) is 5.60. The summed E-state index contributed by atoms with van der Waals surface area (Å²) >= 11 is 2.43. The molecule has 0 heterocycles. The smallest absolute Gasteiger partial charge is 0.404 e. The third-order valence-corrected chi connectivity index (χ3v) is 2.92. The van der Waals surface area contributed by atoms with Gasteiger partial charge in [-0.05, 0) is 12.1 Å². The first-order valence-electron chi connectivity index (χ1n) is 5.23. The second-order valence-corrected chi connectivity index (χ2v) is 4.40. The fourth-order valence-corrected chi connectivity index (χ4v) is 1.84. The largest absolute Gasteiger partial charge is 0.573 e. The van der Waals surface area contributed by atoms with Crippen LogP contribution in [0.15, 0.2) is 18.2 Å². The molecule has 23 heavy (non-hydrogen) atoms. The van der Waals surface area contributed by atoms with Crippen molar-refractivity contribution >= 4 is 21.8 Å². The summed E-state index contributed by atoms with van der Waals surface area (Å²) in [5, 5.41) is 0. The molecule has 132 valence electrons. The van der Waals surface area contributed by atoms with Crippen molar-refractivity contribution in [2.24, 2.45) is 0 Å². The van der Waals surface area contributed by atoms with Crippen LogP contribution in [-0.2, 0) is 5.67 Å². The summed E-state index contributed by atoms with van der Waals surface area (Å²) < 4.78 is 131. The van der Waals surface area contributed by atoms with Gasteiger partial charge in [-0.25, -0.2) is 4.39 Å². The second-order valence-electron chi connectivity index (χ2n) is 4.01. The molecule has 0 atom stereocenters. The van der Waals surface area contributed by atoms with Crippen LogP contribution >= 0.6 is 16.1 Å². The number of hydrogen-bond donors (Lipinski definition) is 1. The van der Waals surface area contributed by atoms with Crippen LogP contribution in [0.3, 0.4) is 0 Å². The van der Waals surface area contributed by atoms with Gasteiger partial charge in [0.25, 0.3) is 0 Å². The van der Waals surface area contributed by atoms with E-state index in [-0.39, 0.29) is 12.1 Å². The van der Waals surface area contributed by atoms with Crippen LogP contribution in [0.4, 0.5) is 49.6 Å². The van der Waals surface area contributed by atoms with Gasteiger partial charge in [0.1, 0.15) is 0 Å². The van der Waals surface area contributed by atoms with E-state index in [0.717, 1.165) is 0 Å². The van der Waals surface area contributed by atoms with Crippen molar-refractivity contribution in [1.82, 2.24) is 0 Å². The maximum atomic E-state index is 13.8. The Labute approximate surface area is 129 Å². The first-order valence-corrected chi connectivity index (χ1v) is 6.02. The van der Waals surface area contributed by atoms with Gasteiger partial charge >= 0.3 is 24.4 Å². The highest BCUT2D eigenvalue weighted by Crippen LogP contribution is 2.54. The highest BCUT2D eigenvalue weighted by Gasteiger charge is 2.73. The highest BCUT2D eigenvalue weighted by atomic mass is 79.9.